The molecule has 3 N–H and O–H groups in total. The van der Waals surface area contributed by atoms with Crippen molar-refractivity contribution in [1.82, 2.24) is 4.90 Å². The molecule has 2 rings (SSSR count). The molecule has 1 aliphatic rings. The molecule has 5 heteroatoms. The zero-order chi connectivity index (χ0) is 14.7. The van der Waals surface area contributed by atoms with Crippen LogP contribution in [0.1, 0.15) is 44.2 Å². The standard InChI is InChI=1S/C15H21NO4/c1-10(11-6-13(17)9-14(18)7-11)16-5-3-2-4-12(16)8-15(19)20/h6-7,9-10,12,17-18H,2-5,8H2,1H3,(H,19,20). The van der Waals surface area contributed by atoms with Crippen molar-refractivity contribution in [1.29, 1.82) is 0 Å². The van der Waals surface area contributed by atoms with Gasteiger partial charge < -0.3 is 15.3 Å². The summed E-state index contributed by atoms with van der Waals surface area (Å²) in [6.45, 7) is 2.82. The molecule has 2 atom stereocenters. The Hall–Kier alpha value is -1.75. The molecule has 2 unspecified atom stereocenters. The molecule has 5 nitrogen and oxygen atoms in total. The molecule has 110 valence electrons. The molecule has 0 aliphatic carbocycles. The molecule has 0 saturated carbocycles. The average molecular weight is 279 g/mol. The molecule has 0 aromatic heterocycles. The second kappa shape index (κ2) is 6.13. The molecule has 1 heterocycles. The van der Waals surface area contributed by atoms with Gasteiger partial charge in [0, 0.05) is 18.2 Å². The Morgan fingerprint density at radius 2 is 1.95 bits per heavy atom. The number of hydrogen-bond acceptors (Lipinski definition) is 4. The predicted molar refractivity (Wildman–Crippen MR) is 74.8 cm³/mol. The minimum atomic E-state index is -0.784. The SMILES string of the molecule is CC(c1cc(O)cc(O)c1)N1CCCCC1CC(=O)O. The monoisotopic (exact) mass is 279 g/mol. The number of likely N-dealkylation sites (tertiary alicyclic amines) is 1. The Bertz CT molecular complexity index is 469. The van der Waals surface area contributed by atoms with Crippen molar-refractivity contribution in [2.24, 2.45) is 0 Å². The minimum absolute atomic E-state index is 0.0146. The van der Waals surface area contributed by atoms with E-state index < -0.39 is 5.97 Å². The number of phenolic OH excluding ortho intramolecular Hbond substituents is 2. The number of carboxylic acids is 1. The first-order valence-electron chi connectivity index (χ1n) is 6.98. The quantitative estimate of drug-likeness (QED) is 0.789. The number of carboxylic acid groups (broad SMARTS) is 1. The summed E-state index contributed by atoms with van der Waals surface area (Å²) >= 11 is 0. The first-order chi connectivity index (χ1) is 9.47. The maximum atomic E-state index is 11.0. The molecule has 1 aromatic rings. The Labute approximate surface area is 118 Å². The molecule has 1 aliphatic heterocycles. The van der Waals surface area contributed by atoms with Crippen molar-refractivity contribution in [2.75, 3.05) is 6.54 Å². The van der Waals surface area contributed by atoms with Gasteiger partial charge in [-0.3, -0.25) is 9.69 Å². The molecule has 0 spiro atoms. The second-order valence-corrected chi connectivity index (χ2v) is 5.44. The summed E-state index contributed by atoms with van der Waals surface area (Å²) in [5.74, 6) is -0.731. The predicted octanol–water partition coefficient (Wildman–Crippen LogP) is 2.49. The van der Waals surface area contributed by atoms with Gasteiger partial charge in [0.2, 0.25) is 0 Å². The largest absolute Gasteiger partial charge is 0.508 e. The van der Waals surface area contributed by atoms with Crippen LogP contribution in [0.15, 0.2) is 18.2 Å². The van der Waals surface area contributed by atoms with E-state index in [1.807, 2.05) is 6.92 Å². The number of phenols is 2. The zero-order valence-electron chi connectivity index (χ0n) is 11.6. The molecular weight excluding hydrogens is 258 g/mol. The van der Waals surface area contributed by atoms with Gasteiger partial charge in [0.25, 0.3) is 0 Å². The van der Waals surface area contributed by atoms with Crippen LogP contribution in [-0.2, 0) is 4.79 Å². The maximum absolute atomic E-state index is 11.0. The average Bonchev–Trinajstić information content (AvgIpc) is 2.36. The van der Waals surface area contributed by atoms with E-state index in [0.29, 0.717) is 0 Å². The van der Waals surface area contributed by atoms with Crippen LogP contribution in [0.25, 0.3) is 0 Å². The number of piperidine rings is 1. The van der Waals surface area contributed by atoms with Gasteiger partial charge in [-0.25, -0.2) is 0 Å². The normalized spacial score (nSPS) is 21.6. The highest BCUT2D eigenvalue weighted by atomic mass is 16.4. The lowest BCUT2D eigenvalue weighted by atomic mass is 9.95. The third kappa shape index (κ3) is 3.42. The summed E-state index contributed by atoms with van der Waals surface area (Å²) in [6.07, 6.45) is 3.11. The van der Waals surface area contributed by atoms with Crippen molar-refractivity contribution < 1.29 is 20.1 Å². The topological polar surface area (TPSA) is 81.0 Å². The van der Waals surface area contributed by atoms with Crippen LogP contribution < -0.4 is 0 Å². The Balaban J connectivity index is 2.20. The maximum Gasteiger partial charge on any atom is 0.304 e. The zero-order valence-corrected chi connectivity index (χ0v) is 11.6. The van der Waals surface area contributed by atoms with Crippen molar-refractivity contribution >= 4 is 5.97 Å². The summed E-state index contributed by atoms with van der Waals surface area (Å²) < 4.78 is 0. The van der Waals surface area contributed by atoms with Crippen LogP contribution in [0, 0.1) is 0 Å². The number of rotatable bonds is 4. The Morgan fingerprint density at radius 3 is 2.55 bits per heavy atom. The highest BCUT2D eigenvalue weighted by Gasteiger charge is 2.29. The lowest BCUT2D eigenvalue weighted by Crippen LogP contribution is -2.42. The van der Waals surface area contributed by atoms with Crippen molar-refractivity contribution in [3.63, 3.8) is 0 Å². The van der Waals surface area contributed by atoms with Crippen molar-refractivity contribution in [3.05, 3.63) is 23.8 Å². The highest BCUT2D eigenvalue weighted by molar-refractivity contribution is 5.67. The smallest absolute Gasteiger partial charge is 0.304 e. The van der Waals surface area contributed by atoms with Gasteiger partial charge in [-0.2, -0.15) is 0 Å². The number of hydrogen-bond donors (Lipinski definition) is 3. The first-order valence-corrected chi connectivity index (χ1v) is 6.98. The third-order valence-electron chi connectivity index (χ3n) is 3.99. The fraction of sp³-hybridized carbons (Fsp3) is 0.533. The van der Waals surface area contributed by atoms with Crippen LogP contribution in [0.3, 0.4) is 0 Å². The minimum Gasteiger partial charge on any atom is -0.508 e. The van der Waals surface area contributed by atoms with E-state index in [1.165, 1.54) is 6.07 Å². The fourth-order valence-electron chi connectivity index (χ4n) is 3.00. The number of carbonyl (C=O) groups is 1. The molecule has 0 radical (unpaired) electrons. The van der Waals surface area contributed by atoms with Crippen LogP contribution in [0.2, 0.25) is 0 Å². The molecule has 1 saturated heterocycles. The highest BCUT2D eigenvalue weighted by Crippen LogP contribution is 2.33. The molecule has 0 bridgehead atoms. The molecule has 20 heavy (non-hydrogen) atoms. The summed E-state index contributed by atoms with van der Waals surface area (Å²) in [4.78, 5) is 13.1. The van der Waals surface area contributed by atoms with Crippen molar-refractivity contribution in [2.45, 2.75) is 44.7 Å². The Morgan fingerprint density at radius 1 is 1.30 bits per heavy atom. The summed E-state index contributed by atoms with van der Waals surface area (Å²) in [5, 5.41) is 28.2. The van der Waals surface area contributed by atoms with E-state index in [9.17, 15) is 15.0 Å². The van der Waals surface area contributed by atoms with Crippen molar-refractivity contribution in [3.8, 4) is 11.5 Å². The molecule has 1 aromatic carbocycles. The van der Waals surface area contributed by atoms with E-state index in [4.69, 9.17) is 5.11 Å². The summed E-state index contributed by atoms with van der Waals surface area (Å²) in [6, 6.07) is 4.52. The third-order valence-corrected chi connectivity index (χ3v) is 3.99. The number of benzene rings is 1. The van der Waals surface area contributed by atoms with E-state index in [1.54, 1.807) is 12.1 Å². The van der Waals surface area contributed by atoms with Gasteiger partial charge in [0.05, 0.1) is 6.42 Å². The second-order valence-electron chi connectivity index (χ2n) is 5.44. The number of aliphatic carboxylic acids is 1. The molecule has 0 amide bonds. The summed E-state index contributed by atoms with van der Waals surface area (Å²) in [5.41, 5.74) is 0.805. The van der Waals surface area contributed by atoms with Crippen LogP contribution in [0.4, 0.5) is 0 Å². The van der Waals surface area contributed by atoms with Gasteiger partial charge in [0.1, 0.15) is 11.5 Å². The van der Waals surface area contributed by atoms with Crippen LogP contribution in [-0.4, -0.2) is 38.8 Å². The lowest BCUT2D eigenvalue weighted by Gasteiger charge is -2.39. The van der Waals surface area contributed by atoms with E-state index in [-0.39, 0.29) is 30.0 Å². The van der Waals surface area contributed by atoms with Crippen LogP contribution >= 0.6 is 0 Å². The van der Waals surface area contributed by atoms with Gasteiger partial charge in [0.15, 0.2) is 0 Å². The Kier molecular flexibility index (Phi) is 4.49. The fourth-order valence-corrected chi connectivity index (χ4v) is 3.00. The first kappa shape index (κ1) is 14.7. The van der Waals surface area contributed by atoms with Gasteiger partial charge in [-0.15, -0.1) is 0 Å². The lowest BCUT2D eigenvalue weighted by molar-refractivity contribution is -0.139. The van der Waals surface area contributed by atoms with E-state index >= 15 is 0 Å². The van der Waals surface area contributed by atoms with E-state index in [0.717, 1.165) is 31.4 Å². The number of aromatic hydroxyl groups is 2. The van der Waals surface area contributed by atoms with Gasteiger partial charge in [-0.05, 0) is 44.0 Å². The summed E-state index contributed by atoms with van der Waals surface area (Å²) in [7, 11) is 0. The van der Waals surface area contributed by atoms with Crippen LogP contribution in [0.5, 0.6) is 11.5 Å². The molecule has 1 fully saturated rings. The van der Waals surface area contributed by atoms with E-state index in [2.05, 4.69) is 4.90 Å². The van der Waals surface area contributed by atoms with Gasteiger partial charge >= 0.3 is 5.97 Å². The molecular formula is C15H21NO4. The number of nitrogens with zero attached hydrogens (tertiary/aromatic N) is 1. The van der Waals surface area contributed by atoms with Gasteiger partial charge in [-0.1, -0.05) is 6.42 Å².